The highest BCUT2D eigenvalue weighted by Gasteiger charge is 2.14. The van der Waals surface area contributed by atoms with Gasteiger partial charge in [-0.15, -0.1) is 0 Å². The van der Waals surface area contributed by atoms with Gasteiger partial charge in [-0.1, -0.05) is 18.2 Å². The summed E-state index contributed by atoms with van der Waals surface area (Å²) in [5, 5.41) is 9.26. The minimum atomic E-state index is 0.0212. The number of hydrogen-bond donors (Lipinski definition) is 2. The van der Waals surface area contributed by atoms with Gasteiger partial charge in [0.2, 0.25) is 5.95 Å². The zero-order valence-electron chi connectivity index (χ0n) is 11.4. The minimum Gasteiger partial charge on any atom is -0.382 e. The molecular weight excluding hydrogens is 278 g/mol. The third kappa shape index (κ3) is 2.41. The fraction of sp³-hybridized carbons (Fsp3) is 0. The van der Waals surface area contributed by atoms with Gasteiger partial charge >= 0.3 is 0 Å². The van der Waals surface area contributed by atoms with E-state index in [-0.39, 0.29) is 17.3 Å². The van der Waals surface area contributed by atoms with Gasteiger partial charge in [0.15, 0.2) is 5.82 Å². The summed E-state index contributed by atoms with van der Waals surface area (Å²) in [5.74, 6) is 0.664. The minimum absolute atomic E-state index is 0.0212. The SMILES string of the molecule is N#Cc1c(N)nc(N)nc1-c1cccc(-c2ncccn2)c1. The molecule has 2 aromatic heterocycles. The third-order valence-corrected chi connectivity index (χ3v) is 3.03. The maximum absolute atomic E-state index is 9.26. The molecule has 0 saturated carbocycles. The molecule has 22 heavy (non-hydrogen) atoms. The average molecular weight is 289 g/mol. The van der Waals surface area contributed by atoms with E-state index in [1.54, 1.807) is 18.5 Å². The second kappa shape index (κ2) is 5.46. The predicted octanol–water partition coefficient (Wildman–Crippen LogP) is 1.64. The molecule has 0 bridgehead atoms. The van der Waals surface area contributed by atoms with Crippen LogP contribution >= 0.6 is 0 Å². The van der Waals surface area contributed by atoms with Crippen LogP contribution in [0.25, 0.3) is 22.6 Å². The molecule has 0 aliphatic rings. The fourth-order valence-electron chi connectivity index (χ4n) is 2.07. The van der Waals surface area contributed by atoms with Gasteiger partial charge in [0, 0.05) is 23.5 Å². The summed E-state index contributed by atoms with van der Waals surface area (Å²) in [4.78, 5) is 16.3. The van der Waals surface area contributed by atoms with Crippen molar-refractivity contribution < 1.29 is 0 Å². The molecule has 0 aliphatic heterocycles. The van der Waals surface area contributed by atoms with Crippen molar-refractivity contribution in [2.75, 3.05) is 11.5 Å². The number of nitriles is 1. The van der Waals surface area contributed by atoms with E-state index in [0.29, 0.717) is 17.1 Å². The summed E-state index contributed by atoms with van der Waals surface area (Å²) >= 11 is 0. The molecule has 4 N–H and O–H groups in total. The molecule has 0 fully saturated rings. The van der Waals surface area contributed by atoms with Crippen LogP contribution in [0.2, 0.25) is 0 Å². The lowest BCUT2D eigenvalue weighted by molar-refractivity contribution is 1.17. The zero-order valence-corrected chi connectivity index (χ0v) is 11.4. The Bertz CT molecular complexity index is 869. The van der Waals surface area contributed by atoms with Crippen molar-refractivity contribution in [2.45, 2.75) is 0 Å². The Morgan fingerprint density at radius 3 is 2.41 bits per heavy atom. The largest absolute Gasteiger partial charge is 0.382 e. The molecule has 3 aromatic rings. The van der Waals surface area contributed by atoms with Gasteiger partial charge in [-0.25, -0.2) is 15.0 Å². The lowest BCUT2D eigenvalue weighted by Crippen LogP contribution is -2.05. The molecule has 3 rings (SSSR count). The number of aromatic nitrogens is 4. The summed E-state index contributed by atoms with van der Waals surface area (Å²) in [6, 6.07) is 11.1. The Morgan fingerprint density at radius 1 is 0.955 bits per heavy atom. The molecule has 1 aromatic carbocycles. The van der Waals surface area contributed by atoms with Gasteiger partial charge in [-0.05, 0) is 12.1 Å². The Labute approximate surface area is 126 Å². The van der Waals surface area contributed by atoms with E-state index in [1.165, 1.54) is 0 Å². The van der Waals surface area contributed by atoms with Gasteiger partial charge < -0.3 is 11.5 Å². The topological polar surface area (TPSA) is 127 Å². The van der Waals surface area contributed by atoms with Crippen LogP contribution in [0.3, 0.4) is 0 Å². The Balaban J connectivity index is 2.17. The Kier molecular flexibility index (Phi) is 3.34. The normalized spacial score (nSPS) is 10.1. The van der Waals surface area contributed by atoms with Crippen molar-refractivity contribution in [3.8, 4) is 28.7 Å². The number of anilines is 2. The lowest BCUT2D eigenvalue weighted by atomic mass is 10.0. The molecule has 0 spiro atoms. The number of nitrogens with zero attached hydrogens (tertiary/aromatic N) is 5. The van der Waals surface area contributed by atoms with Crippen LogP contribution in [0.15, 0.2) is 42.7 Å². The average Bonchev–Trinajstić information content (AvgIpc) is 2.55. The molecule has 106 valence electrons. The monoisotopic (exact) mass is 289 g/mol. The smallest absolute Gasteiger partial charge is 0.222 e. The van der Waals surface area contributed by atoms with Crippen LogP contribution in [-0.4, -0.2) is 19.9 Å². The van der Waals surface area contributed by atoms with Crippen LogP contribution in [-0.2, 0) is 0 Å². The Hall–Kier alpha value is -3.53. The molecule has 0 atom stereocenters. The van der Waals surface area contributed by atoms with Crippen LogP contribution in [0, 0.1) is 11.3 Å². The van der Waals surface area contributed by atoms with Crippen LogP contribution in [0.1, 0.15) is 5.56 Å². The van der Waals surface area contributed by atoms with Crippen molar-refractivity contribution in [2.24, 2.45) is 0 Å². The van der Waals surface area contributed by atoms with E-state index in [4.69, 9.17) is 11.5 Å². The van der Waals surface area contributed by atoms with E-state index in [9.17, 15) is 5.26 Å². The zero-order chi connectivity index (χ0) is 15.5. The van der Waals surface area contributed by atoms with Crippen molar-refractivity contribution >= 4 is 11.8 Å². The first-order valence-corrected chi connectivity index (χ1v) is 6.40. The molecular formula is C15H11N7. The maximum Gasteiger partial charge on any atom is 0.222 e. The first-order chi connectivity index (χ1) is 10.7. The van der Waals surface area contributed by atoms with Gasteiger partial charge in [-0.3, -0.25) is 0 Å². The van der Waals surface area contributed by atoms with E-state index in [2.05, 4.69) is 19.9 Å². The van der Waals surface area contributed by atoms with E-state index in [1.807, 2.05) is 30.3 Å². The third-order valence-electron chi connectivity index (χ3n) is 3.03. The van der Waals surface area contributed by atoms with Gasteiger partial charge in [-0.2, -0.15) is 10.2 Å². The van der Waals surface area contributed by atoms with Gasteiger partial charge in [0.05, 0.1) is 5.69 Å². The maximum atomic E-state index is 9.26. The molecule has 2 heterocycles. The highest BCUT2D eigenvalue weighted by molar-refractivity contribution is 5.76. The predicted molar refractivity (Wildman–Crippen MR) is 82.0 cm³/mol. The van der Waals surface area contributed by atoms with Crippen LogP contribution in [0.5, 0.6) is 0 Å². The van der Waals surface area contributed by atoms with Gasteiger partial charge in [0.25, 0.3) is 0 Å². The summed E-state index contributed by atoms with van der Waals surface area (Å²) in [7, 11) is 0. The molecule has 7 nitrogen and oxygen atoms in total. The van der Waals surface area contributed by atoms with Crippen molar-refractivity contribution in [3.63, 3.8) is 0 Å². The summed E-state index contributed by atoms with van der Waals surface area (Å²) in [5.41, 5.74) is 13.5. The van der Waals surface area contributed by atoms with E-state index >= 15 is 0 Å². The summed E-state index contributed by atoms with van der Waals surface area (Å²) < 4.78 is 0. The Morgan fingerprint density at radius 2 is 1.68 bits per heavy atom. The van der Waals surface area contributed by atoms with Crippen molar-refractivity contribution in [1.82, 2.24) is 19.9 Å². The molecule has 0 saturated heterocycles. The summed E-state index contributed by atoms with van der Waals surface area (Å²) in [6.45, 7) is 0. The highest BCUT2D eigenvalue weighted by Crippen LogP contribution is 2.28. The second-order valence-corrected chi connectivity index (χ2v) is 4.46. The fourth-order valence-corrected chi connectivity index (χ4v) is 2.07. The number of hydrogen-bond acceptors (Lipinski definition) is 7. The molecule has 0 radical (unpaired) electrons. The van der Waals surface area contributed by atoms with E-state index < -0.39 is 0 Å². The number of nitrogen functional groups attached to an aromatic ring is 2. The van der Waals surface area contributed by atoms with Crippen LogP contribution < -0.4 is 11.5 Å². The standard InChI is InChI=1S/C15H11N7/c16-8-11-12(21-15(18)22-13(11)17)9-3-1-4-10(7-9)14-19-5-2-6-20-14/h1-7H,(H4,17,18,21,22). The number of rotatable bonds is 2. The van der Waals surface area contributed by atoms with E-state index in [0.717, 1.165) is 5.56 Å². The quantitative estimate of drug-likeness (QED) is 0.733. The van der Waals surface area contributed by atoms with Crippen molar-refractivity contribution in [3.05, 3.63) is 48.3 Å². The lowest BCUT2D eigenvalue weighted by Gasteiger charge is -2.08. The first kappa shape index (κ1) is 13.5. The molecule has 0 unspecified atom stereocenters. The first-order valence-electron chi connectivity index (χ1n) is 6.40. The molecule has 0 aliphatic carbocycles. The second-order valence-electron chi connectivity index (χ2n) is 4.46. The summed E-state index contributed by atoms with van der Waals surface area (Å²) in [6.07, 6.45) is 3.33. The highest BCUT2D eigenvalue weighted by atomic mass is 15.0. The van der Waals surface area contributed by atoms with Gasteiger partial charge in [0.1, 0.15) is 17.5 Å². The molecule has 0 amide bonds. The number of benzene rings is 1. The van der Waals surface area contributed by atoms with Crippen molar-refractivity contribution in [1.29, 1.82) is 5.26 Å². The molecule has 7 heteroatoms. The number of nitrogens with two attached hydrogens (primary N) is 2. The van der Waals surface area contributed by atoms with Crippen LogP contribution in [0.4, 0.5) is 11.8 Å².